The van der Waals surface area contributed by atoms with Crippen LogP contribution in [0.25, 0.3) is 0 Å². The molecule has 0 saturated heterocycles. The van der Waals surface area contributed by atoms with Crippen molar-refractivity contribution in [2.45, 2.75) is 30.2 Å². The molecule has 8 heteroatoms. The Morgan fingerprint density at radius 1 is 1.20 bits per heavy atom. The van der Waals surface area contributed by atoms with Crippen molar-refractivity contribution in [3.8, 4) is 11.8 Å². The number of rotatable bonds is 9. The predicted molar refractivity (Wildman–Crippen MR) is 114 cm³/mol. The van der Waals surface area contributed by atoms with E-state index in [0.717, 1.165) is 17.0 Å². The molecule has 1 unspecified atom stereocenters. The molecule has 7 nitrogen and oxygen atoms in total. The summed E-state index contributed by atoms with van der Waals surface area (Å²) in [5.74, 6) is 1.15. The molecule has 0 spiro atoms. The highest BCUT2D eigenvalue weighted by atomic mass is 32.2. The lowest BCUT2D eigenvalue weighted by molar-refractivity contribution is -0.117. The smallest absolute Gasteiger partial charge is 0.277 e. The standard InChI is InChI=1S/C22H22N4O3S/c1-16(21(27)26(14-6-13-23)18-7-4-3-5-8-18)30-22-25-24-20(29-22)15-17-9-11-19(28-2)12-10-17/h3-5,7-12,16H,6,14-15H2,1-2H3. The maximum Gasteiger partial charge on any atom is 0.277 e. The summed E-state index contributed by atoms with van der Waals surface area (Å²) in [4.78, 5) is 14.6. The summed E-state index contributed by atoms with van der Waals surface area (Å²) < 4.78 is 10.9. The van der Waals surface area contributed by atoms with E-state index in [2.05, 4.69) is 16.3 Å². The minimum absolute atomic E-state index is 0.114. The molecule has 1 heterocycles. The minimum atomic E-state index is -0.446. The topological polar surface area (TPSA) is 92.3 Å². The monoisotopic (exact) mass is 422 g/mol. The summed E-state index contributed by atoms with van der Waals surface area (Å²) in [6.07, 6.45) is 0.753. The quantitative estimate of drug-likeness (QED) is 0.479. The zero-order chi connectivity index (χ0) is 21.3. The van der Waals surface area contributed by atoms with Gasteiger partial charge in [-0.2, -0.15) is 5.26 Å². The van der Waals surface area contributed by atoms with E-state index in [9.17, 15) is 4.79 Å². The highest BCUT2D eigenvalue weighted by molar-refractivity contribution is 8.00. The van der Waals surface area contributed by atoms with Gasteiger partial charge in [0.15, 0.2) is 0 Å². The molecular weight excluding hydrogens is 400 g/mol. The molecule has 3 aromatic rings. The number of carbonyl (C=O) groups is 1. The fourth-order valence-corrected chi connectivity index (χ4v) is 3.60. The zero-order valence-corrected chi connectivity index (χ0v) is 17.6. The van der Waals surface area contributed by atoms with Crippen LogP contribution in [0, 0.1) is 11.3 Å². The Balaban J connectivity index is 1.64. The van der Waals surface area contributed by atoms with Crippen LogP contribution in [0.4, 0.5) is 5.69 Å². The number of nitriles is 1. The van der Waals surface area contributed by atoms with Gasteiger partial charge >= 0.3 is 0 Å². The molecule has 30 heavy (non-hydrogen) atoms. The minimum Gasteiger partial charge on any atom is -0.497 e. The molecule has 3 rings (SSSR count). The first-order chi connectivity index (χ1) is 14.6. The number of anilines is 1. The van der Waals surface area contributed by atoms with Gasteiger partial charge < -0.3 is 14.1 Å². The van der Waals surface area contributed by atoms with Crippen molar-refractivity contribution < 1.29 is 13.9 Å². The van der Waals surface area contributed by atoms with Crippen molar-refractivity contribution >= 4 is 23.4 Å². The van der Waals surface area contributed by atoms with Crippen molar-refractivity contribution in [2.75, 3.05) is 18.6 Å². The molecule has 0 radical (unpaired) electrons. The second kappa shape index (κ2) is 10.5. The first-order valence-electron chi connectivity index (χ1n) is 9.46. The van der Waals surface area contributed by atoms with Crippen molar-refractivity contribution in [3.63, 3.8) is 0 Å². The Hall–Kier alpha value is -3.31. The van der Waals surface area contributed by atoms with Crippen molar-refractivity contribution in [2.24, 2.45) is 0 Å². The number of ether oxygens (including phenoxy) is 1. The van der Waals surface area contributed by atoms with Crippen LogP contribution in [0.1, 0.15) is 24.8 Å². The molecule has 1 aromatic heterocycles. The lowest BCUT2D eigenvalue weighted by Gasteiger charge is -2.24. The van der Waals surface area contributed by atoms with E-state index in [1.165, 1.54) is 11.8 Å². The zero-order valence-electron chi connectivity index (χ0n) is 16.8. The van der Waals surface area contributed by atoms with E-state index in [0.29, 0.717) is 24.1 Å². The fraction of sp³-hybridized carbons (Fsp3) is 0.273. The van der Waals surface area contributed by atoms with E-state index >= 15 is 0 Å². The largest absolute Gasteiger partial charge is 0.497 e. The number of nitrogens with zero attached hydrogens (tertiary/aromatic N) is 4. The second-order valence-electron chi connectivity index (χ2n) is 6.48. The van der Waals surface area contributed by atoms with Gasteiger partial charge in [0.25, 0.3) is 5.22 Å². The van der Waals surface area contributed by atoms with Gasteiger partial charge in [0.1, 0.15) is 5.75 Å². The highest BCUT2D eigenvalue weighted by Gasteiger charge is 2.24. The number of hydrogen-bond acceptors (Lipinski definition) is 7. The predicted octanol–water partition coefficient (Wildman–Crippen LogP) is 4.10. The maximum absolute atomic E-state index is 13.0. The number of thioether (sulfide) groups is 1. The van der Waals surface area contributed by atoms with Gasteiger partial charge in [-0.15, -0.1) is 10.2 Å². The molecule has 0 saturated carbocycles. The molecule has 1 amide bonds. The van der Waals surface area contributed by atoms with Gasteiger partial charge in [0.05, 0.1) is 31.3 Å². The van der Waals surface area contributed by atoms with E-state index < -0.39 is 5.25 Å². The summed E-state index contributed by atoms with van der Waals surface area (Å²) in [6, 6.07) is 19.0. The van der Waals surface area contributed by atoms with Crippen LogP contribution in [-0.4, -0.2) is 35.0 Å². The number of methoxy groups -OCH3 is 1. The van der Waals surface area contributed by atoms with Crippen molar-refractivity contribution in [1.82, 2.24) is 10.2 Å². The molecule has 0 bridgehead atoms. The van der Waals surface area contributed by atoms with Crippen molar-refractivity contribution in [1.29, 1.82) is 5.26 Å². The van der Waals surface area contributed by atoms with Gasteiger partial charge in [-0.1, -0.05) is 42.1 Å². The number of para-hydroxylation sites is 1. The molecule has 0 aliphatic heterocycles. The third kappa shape index (κ3) is 5.61. The van der Waals surface area contributed by atoms with Gasteiger partial charge in [0.2, 0.25) is 11.8 Å². The summed E-state index contributed by atoms with van der Waals surface area (Å²) >= 11 is 1.21. The Labute approximate surface area is 179 Å². The SMILES string of the molecule is COc1ccc(Cc2nnc(SC(C)C(=O)N(CCC#N)c3ccccc3)o2)cc1. The number of benzene rings is 2. The average molecular weight is 423 g/mol. The van der Waals surface area contributed by atoms with Gasteiger partial charge in [0, 0.05) is 12.2 Å². The average Bonchev–Trinajstić information content (AvgIpc) is 3.21. The Morgan fingerprint density at radius 3 is 2.60 bits per heavy atom. The van der Waals surface area contributed by atoms with Crippen LogP contribution in [-0.2, 0) is 11.2 Å². The third-order valence-corrected chi connectivity index (χ3v) is 5.29. The van der Waals surface area contributed by atoms with Crippen LogP contribution in [0.3, 0.4) is 0 Å². The van der Waals surface area contributed by atoms with E-state index in [-0.39, 0.29) is 12.3 Å². The second-order valence-corrected chi connectivity index (χ2v) is 7.77. The number of hydrogen-bond donors (Lipinski definition) is 0. The van der Waals surface area contributed by atoms with Crippen LogP contribution in [0.15, 0.2) is 64.2 Å². The Bertz CT molecular complexity index is 999. The lowest BCUT2D eigenvalue weighted by Crippen LogP contribution is -2.37. The van der Waals surface area contributed by atoms with Crippen LogP contribution >= 0.6 is 11.8 Å². The fourth-order valence-electron chi connectivity index (χ4n) is 2.83. The van der Waals surface area contributed by atoms with E-state index in [1.54, 1.807) is 18.9 Å². The lowest BCUT2D eigenvalue weighted by atomic mass is 10.1. The molecular formula is C22H22N4O3S. The summed E-state index contributed by atoms with van der Waals surface area (Å²) in [6.45, 7) is 2.12. The van der Waals surface area contributed by atoms with Crippen LogP contribution in [0.2, 0.25) is 0 Å². The Kier molecular flexibility index (Phi) is 7.46. The van der Waals surface area contributed by atoms with Crippen LogP contribution in [0.5, 0.6) is 5.75 Å². The molecule has 0 N–H and O–H groups in total. The third-order valence-electron chi connectivity index (χ3n) is 4.37. The van der Waals surface area contributed by atoms with Crippen LogP contribution < -0.4 is 9.64 Å². The van der Waals surface area contributed by atoms with Gasteiger partial charge in [-0.25, -0.2) is 0 Å². The van der Waals surface area contributed by atoms with E-state index in [1.807, 2.05) is 54.6 Å². The molecule has 0 aliphatic rings. The van der Waals surface area contributed by atoms with Gasteiger partial charge in [-0.3, -0.25) is 4.79 Å². The molecule has 154 valence electrons. The maximum atomic E-state index is 13.0. The molecule has 0 fully saturated rings. The molecule has 0 aliphatic carbocycles. The summed E-state index contributed by atoms with van der Waals surface area (Å²) in [7, 11) is 1.62. The first kappa shape index (κ1) is 21.4. The first-order valence-corrected chi connectivity index (χ1v) is 10.3. The summed E-state index contributed by atoms with van der Waals surface area (Å²) in [5, 5.41) is 17.0. The van der Waals surface area contributed by atoms with E-state index in [4.69, 9.17) is 14.4 Å². The van der Waals surface area contributed by atoms with Gasteiger partial charge in [-0.05, 0) is 36.8 Å². The molecule has 1 atom stereocenters. The number of carbonyl (C=O) groups excluding carboxylic acids is 1. The normalized spacial score (nSPS) is 11.5. The number of amides is 1. The Morgan fingerprint density at radius 2 is 1.93 bits per heavy atom. The summed E-state index contributed by atoms with van der Waals surface area (Å²) in [5.41, 5.74) is 1.78. The highest BCUT2D eigenvalue weighted by Crippen LogP contribution is 2.26. The van der Waals surface area contributed by atoms with Crippen molar-refractivity contribution in [3.05, 3.63) is 66.1 Å². The molecule has 2 aromatic carbocycles. The number of aromatic nitrogens is 2.